The Morgan fingerprint density at radius 1 is 1.17 bits per heavy atom. The predicted molar refractivity (Wildman–Crippen MR) is 53.9 cm³/mol. The fourth-order valence-electron chi connectivity index (χ4n) is 2.41. The van der Waals surface area contributed by atoms with E-state index >= 15 is 0 Å². The van der Waals surface area contributed by atoms with Crippen LogP contribution < -0.4 is 5.73 Å². The van der Waals surface area contributed by atoms with Gasteiger partial charge < -0.3 is 5.73 Å². The Balaban J connectivity index is 2.47. The summed E-state index contributed by atoms with van der Waals surface area (Å²) in [5, 5.41) is 0. The zero-order valence-electron chi connectivity index (χ0n) is 8.72. The molecule has 0 aliphatic heterocycles. The molecule has 0 spiro atoms. The van der Waals surface area contributed by atoms with Crippen molar-refractivity contribution in [2.45, 2.75) is 52.5 Å². The topological polar surface area (TPSA) is 26.0 Å². The van der Waals surface area contributed by atoms with Crippen molar-refractivity contribution >= 4 is 0 Å². The fraction of sp³-hybridized carbons (Fsp3) is 1.00. The Morgan fingerprint density at radius 2 is 1.75 bits per heavy atom. The van der Waals surface area contributed by atoms with Gasteiger partial charge in [0, 0.05) is 6.04 Å². The zero-order chi connectivity index (χ0) is 9.14. The molecule has 0 saturated heterocycles. The highest BCUT2D eigenvalue weighted by Gasteiger charge is 2.28. The third kappa shape index (κ3) is 2.22. The Hall–Kier alpha value is -0.0400. The Labute approximate surface area is 76.7 Å². The van der Waals surface area contributed by atoms with Crippen molar-refractivity contribution in [3.05, 3.63) is 0 Å². The van der Waals surface area contributed by atoms with E-state index in [4.69, 9.17) is 5.73 Å². The van der Waals surface area contributed by atoms with Crippen molar-refractivity contribution in [1.29, 1.82) is 0 Å². The Bertz CT molecular complexity index is 131. The lowest BCUT2D eigenvalue weighted by Gasteiger charge is -2.35. The fourth-order valence-corrected chi connectivity index (χ4v) is 2.41. The molecule has 72 valence electrons. The van der Waals surface area contributed by atoms with E-state index in [0.717, 1.165) is 11.8 Å². The summed E-state index contributed by atoms with van der Waals surface area (Å²) < 4.78 is 0. The predicted octanol–water partition coefficient (Wildman–Crippen LogP) is 2.80. The number of hydrogen-bond donors (Lipinski definition) is 1. The monoisotopic (exact) mass is 169 g/mol. The van der Waals surface area contributed by atoms with E-state index in [1.165, 1.54) is 25.7 Å². The first-order valence-corrected chi connectivity index (χ1v) is 5.38. The van der Waals surface area contributed by atoms with Crippen molar-refractivity contribution in [3.8, 4) is 0 Å². The molecule has 0 bridgehead atoms. The molecular weight excluding hydrogens is 146 g/mol. The molecule has 12 heavy (non-hydrogen) atoms. The molecule has 0 aromatic rings. The molecule has 3 atom stereocenters. The number of hydrogen-bond acceptors (Lipinski definition) is 1. The van der Waals surface area contributed by atoms with Crippen molar-refractivity contribution in [2.75, 3.05) is 0 Å². The third-order valence-electron chi connectivity index (χ3n) is 3.44. The molecule has 0 heterocycles. The van der Waals surface area contributed by atoms with Gasteiger partial charge in [0.15, 0.2) is 0 Å². The van der Waals surface area contributed by atoms with Gasteiger partial charge in [0.2, 0.25) is 0 Å². The van der Waals surface area contributed by atoms with Crippen LogP contribution in [0.25, 0.3) is 0 Å². The Kier molecular flexibility index (Phi) is 3.57. The van der Waals surface area contributed by atoms with Gasteiger partial charge in [0.1, 0.15) is 0 Å². The lowest BCUT2D eigenvalue weighted by molar-refractivity contribution is 0.189. The van der Waals surface area contributed by atoms with Crippen LogP contribution in [-0.2, 0) is 0 Å². The summed E-state index contributed by atoms with van der Waals surface area (Å²) in [5.41, 5.74) is 6.18. The second-order valence-corrected chi connectivity index (χ2v) is 4.75. The summed E-state index contributed by atoms with van der Waals surface area (Å²) in [7, 11) is 0. The molecule has 1 aliphatic carbocycles. The maximum absolute atomic E-state index is 6.18. The molecule has 0 aromatic carbocycles. The molecular formula is C11H23N. The van der Waals surface area contributed by atoms with Crippen LogP contribution in [0.4, 0.5) is 0 Å². The van der Waals surface area contributed by atoms with Gasteiger partial charge in [-0.15, -0.1) is 0 Å². The van der Waals surface area contributed by atoms with E-state index in [1.807, 2.05) is 0 Å². The third-order valence-corrected chi connectivity index (χ3v) is 3.44. The van der Waals surface area contributed by atoms with E-state index in [1.54, 1.807) is 0 Å². The smallest absolute Gasteiger partial charge is 0.00929 e. The minimum absolute atomic E-state index is 0.431. The van der Waals surface area contributed by atoms with Gasteiger partial charge in [-0.1, -0.05) is 40.0 Å². The molecule has 1 saturated carbocycles. The van der Waals surface area contributed by atoms with Crippen LogP contribution >= 0.6 is 0 Å². The van der Waals surface area contributed by atoms with Crippen LogP contribution in [0.5, 0.6) is 0 Å². The molecule has 1 fully saturated rings. The average molecular weight is 169 g/mol. The van der Waals surface area contributed by atoms with Crippen LogP contribution in [0.15, 0.2) is 0 Å². The highest BCUT2D eigenvalue weighted by atomic mass is 14.7. The van der Waals surface area contributed by atoms with Gasteiger partial charge in [-0.2, -0.15) is 0 Å². The first kappa shape index (κ1) is 10.0. The van der Waals surface area contributed by atoms with Gasteiger partial charge in [-0.05, 0) is 24.2 Å². The summed E-state index contributed by atoms with van der Waals surface area (Å²) >= 11 is 0. The van der Waals surface area contributed by atoms with Gasteiger partial charge >= 0.3 is 0 Å². The maximum atomic E-state index is 6.18. The van der Waals surface area contributed by atoms with Gasteiger partial charge in [0.25, 0.3) is 0 Å². The van der Waals surface area contributed by atoms with E-state index in [-0.39, 0.29) is 0 Å². The van der Waals surface area contributed by atoms with Gasteiger partial charge in [-0.25, -0.2) is 0 Å². The molecule has 1 rings (SSSR count). The van der Waals surface area contributed by atoms with E-state index < -0.39 is 0 Å². The van der Waals surface area contributed by atoms with Crippen LogP contribution in [0.1, 0.15) is 46.5 Å². The summed E-state index contributed by atoms with van der Waals surface area (Å²) in [6, 6.07) is 0.431. The van der Waals surface area contributed by atoms with Crippen molar-refractivity contribution in [3.63, 3.8) is 0 Å². The second-order valence-electron chi connectivity index (χ2n) is 4.75. The maximum Gasteiger partial charge on any atom is 0.00929 e. The number of nitrogens with two attached hydrogens (primary N) is 1. The summed E-state index contributed by atoms with van der Waals surface area (Å²) in [5.74, 6) is 2.30. The molecule has 0 amide bonds. The highest BCUT2D eigenvalue weighted by molar-refractivity contribution is 4.82. The lowest BCUT2D eigenvalue weighted by atomic mass is 9.74. The zero-order valence-corrected chi connectivity index (χ0v) is 8.72. The van der Waals surface area contributed by atoms with Crippen molar-refractivity contribution < 1.29 is 0 Å². The molecule has 3 unspecified atom stereocenters. The quantitative estimate of drug-likeness (QED) is 0.676. The standard InChI is InChI=1S/C11H23N/c1-8(2)11(12)10-7-5-4-6-9(10)3/h8-11H,4-7,12H2,1-3H3. The molecule has 2 N–H and O–H groups in total. The SMILES string of the molecule is CC(C)C(N)C1CCCCC1C. The Morgan fingerprint density at radius 3 is 2.25 bits per heavy atom. The highest BCUT2D eigenvalue weighted by Crippen LogP contribution is 2.33. The summed E-state index contributed by atoms with van der Waals surface area (Å²) in [6.07, 6.45) is 5.57. The molecule has 1 heteroatoms. The first-order valence-electron chi connectivity index (χ1n) is 5.38. The van der Waals surface area contributed by atoms with Crippen molar-refractivity contribution in [1.82, 2.24) is 0 Å². The summed E-state index contributed by atoms with van der Waals surface area (Å²) in [4.78, 5) is 0. The minimum Gasteiger partial charge on any atom is -0.327 e. The van der Waals surface area contributed by atoms with Crippen LogP contribution in [-0.4, -0.2) is 6.04 Å². The second kappa shape index (κ2) is 4.27. The van der Waals surface area contributed by atoms with Crippen molar-refractivity contribution in [2.24, 2.45) is 23.5 Å². The van der Waals surface area contributed by atoms with E-state index in [9.17, 15) is 0 Å². The normalized spacial score (nSPS) is 33.8. The largest absolute Gasteiger partial charge is 0.327 e. The molecule has 0 aromatic heterocycles. The van der Waals surface area contributed by atoms with Gasteiger partial charge in [-0.3, -0.25) is 0 Å². The lowest BCUT2D eigenvalue weighted by Crippen LogP contribution is -2.39. The van der Waals surface area contributed by atoms with Crippen LogP contribution in [0, 0.1) is 17.8 Å². The molecule has 0 radical (unpaired) electrons. The summed E-state index contributed by atoms with van der Waals surface area (Å²) in [6.45, 7) is 6.85. The number of rotatable bonds is 2. The minimum atomic E-state index is 0.431. The van der Waals surface area contributed by atoms with Crippen LogP contribution in [0.2, 0.25) is 0 Å². The average Bonchev–Trinajstić information content (AvgIpc) is 2.04. The first-order chi connectivity index (χ1) is 5.63. The molecule has 1 aliphatic rings. The molecule has 1 nitrogen and oxygen atoms in total. The van der Waals surface area contributed by atoms with Gasteiger partial charge in [0.05, 0.1) is 0 Å². The van der Waals surface area contributed by atoms with E-state index in [2.05, 4.69) is 20.8 Å². The van der Waals surface area contributed by atoms with Crippen LogP contribution in [0.3, 0.4) is 0 Å². The van der Waals surface area contributed by atoms with E-state index in [0.29, 0.717) is 12.0 Å².